The summed E-state index contributed by atoms with van der Waals surface area (Å²) in [5, 5.41) is 7.56. The van der Waals surface area contributed by atoms with Gasteiger partial charge in [0, 0.05) is 35.8 Å². The Morgan fingerprint density at radius 3 is 2.77 bits per heavy atom. The molecule has 0 saturated carbocycles. The first kappa shape index (κ1) is 16.5. The van der Waals surface area contributed by atoms with Gasteiger partial charge < -0.3 is 4.90 Å². The predicted molar refractivity (Wildman–Crippen MR) is 98.3 cm³/mol. The number of rotatable bonds is 3. The van der Waals surface area contributed by atoms with Gasteiger partial charge in [-0.1, -0.05) is 36.4 Å². The van der Waals surface area contributed by atoms with Gasteiger partial charge in [-0.25, -0.2) is 4.39 Å². The van der Waals surface area contributed by atoms with E-state index < -0.39 is 0 Å². The minimum Gasteiger partial charge on any atom is -0.338 e. The van der Waals surface area contributed by atoms with Gasteiger partial charge in [-0.15, -0.1) is 0 Å². The molecule has 0 bridgehead atoms. The van der Waals surface area contributed by atoms with Crippen LogP contribution in [0.5, 0.6) is 0 Å². The molecule has 0 spiro atoms. The van der Waals surface area contributed by atoms with Gasteiger partial charge in [0.25, 0.3) is 5.91 Å². The maximum Gasteiger partial charge on any atom is 0.253 e. The fourth-order valence-electron chi connectivity index (χ4n) is 3.52. The van der Waals surface area contributed by atoms with Gasteiger partial charge in [0.1, 0.15) is 5.82 Å². The van der Waals surface area contributed by atoms with Crippen molar-refractivity contribution in [2.24, 2.45) is 0 Å². The zero-order valence-electron chi connectivity index (χ0n) is 14.4. The number of carbonyl (C=O) groups is 1. The number of nitrogens with zero attached hydrogens (tertiary/aromatic N) is 2. The van der Waals surface area contributed by atoms with Gasteiger partial charge >= 0.3 is 0 Å². The molecule has 1 aliphatic heterocycles. The van der Waals surface area contributed by atoms with Crippen molar-refractivity contribution < 1.29 is 9.18 Å². The number of benzene rings is 2. The molecule has 132 valence electrons. The second-order valence-electron chi connectivity index (χ2n) is 6.68. The summed E-state index contributed by atoms with van der Waals surface area (Å²) in [4.78, 5) is 14.5. The number of likely N-dealkylation sites (tertiary alicyclic amines) is 1. The van der Waals surface area contributed by atoms with Gasteiger partial charge in [0.2, 0.25) is 0 Å². The lowest BCUT2D eigenvalue weighted by Gasteiger charge is -2.32. The van der Waals surface area contributed by atoms with Crippen LogP contribution in [-0.4, -0.2) is 34.1 Å². The van der Waals surface area contributed by atoms with Crippen molar-refractivity contribution in [1.29, 1.82) is 0 Å². The normalized spacial score (nSPS) is 17.3. The smallest absolute Gasteiger partial charge is 0.253 e. The maximum atomic E-state index is 13.4. The van der Waals surface area contributed by atoms with Crippen LogP contribution in [0.3, 0.4) is 0 Å². The monoisotopic (exact) mass is 349 g/mol. The van der Waals surface area contributed by atoms with Crippen molar-refractivity contribution in [2.45, 2.75) is 18.8 Å². The molecule has 1 amide bonds. The number of piperidine rings is 1. The molecular weight excluding hydrogens is 329 g/mol. The number of hydrogen-bond donors (Lipinski definition) is 1. The Bertz CT molecular complexity index is 906. The lowest BCUT2D eigenvalue weighted by molar-refractivity contribution is 0.0705. The molecule has 4 rings (SSSR count). The molecule has 1 atom stereocenters. The van der Waals surface area contributed by atoms with Crippen LogP contribution in [0, 0.1) is 5.82 Å². The highest BCUT2D eigenvalue weighted by molar-refractivity contribution is 5.94. The Kier molecular flexibility index (Phi) is 4.52. The van der Waals surface area contributed by atoms with Gasteiger partial charge in [0.05, 0.1) is 5.69 Å². The van der Waals surface area contributed by atoms with Crippen LogP contribution < -0.4 is 0 Å². The number of amides is 1. The summed E-state index contributed by atoms with van der Waals surface area (Å²) in [6.07, 6.45) is 1.93. The van der Waals surface area contributed by atoms with Crippen molar-refractivity contribution in [1.82, 2.24) is 15.1 Å². The molecular formula is C21H20FN3O. The van der Waals surface area contributed by atoms with Gasteiger partial charge in [-0.05, 0) is 37.1 Å². The zero-order chi connectivity index (χ0) is 17.9. The second kappa shape index (κ2) is 7.12. The zero-order valence-corrected chi connectivity index (χ0v) is 14.4. The number of H-pyrrole nitrogens is 1. The highest BCUT2D eigenvalue weighted by Crippen LogP contribution is 2.29. The van der Waals surface area contributed by atoms with Crippen molar-refractivity contribution in [3.63, 3.8) is 0 Å². The minimum atomic E-state index is -0.384. The standard InChI is InChI=1S/C21H20FN3O/c22-18-10-4-8-16(12-18)21(26)25-11-5-9-17(14-25)20-13-19(23-24-20)15-6-2-1-3-7-15/h1-4,6-8,10,12-13,17H,5,9,11,14H2,(H,23,24). The fraction of sp³-hybridized carbons (Fsp3) is 0.238. The van der Waals surface area contributed by atoms with Crippen molar-refractivity contribution in [3.8, 4) is 11.3 Å². The number of aromatic amines is 1. The van der Waals surface area contributed by atoms with Crippen LogP contribution in [0.25, 0.3) is 11.3 Å². The van der Waals surface area contributed by atoms with Crippen LogP contribution in [0.1, 0.15) is 34.8 Å². The van der Waals surface area contributed by atoms with E-state index in [2.05, 4.69) is 16.3 Å². The number of hydrogen-bond acceptors (Lipinski definition) is 2. The molecule has 1 fully saturated rings. The molecule has 1 aromatic heterocycles. The van der Waals surface area contributed by atoms with E-state index in [-0.39, 0.29) is 17.6 Å². The van der Waals surface area contributed by atoms with Crippen molar-refractivity contribution in [3.05, 3.63) is 77.7 Å². The number of carbonyl (C=O) groups excluding carboxylic acids is 1. The molecule has 2 aromatic carbocycles. The van der Waals surface area contributed by atoms with E-state index >= 15 is 0 Å². The molecule has 5 heteroatoms. The van der Waals surface area contributed by atoms with E-state index in [4.69, 9.17) is 0 Å². The Hall–Kier alpha value is -2.95. The molecule has 1 saturated heterocycles. The summed E-state index contributed by atoms with van der Waals surface area (Å²) in [6.45, 7) is 1.32. The Morgan fingerprint density at radius 2 is 1.96 bits per heavy atom. The van der Waals surface area contributed by atoms with Crippen LogP contribution in [0.15, 0.2) is 60.7 Å². The summed E-state index contributed by atoms with van der Waals surface area (Å²) in [5.74, 6) is -0.284. The minimum absolute atomic E-state index is 0.114. The summed E-state index contributed by atoms with van der Waals surface area (Å²) >= 11 is 0. The Labute approximate surface area is 151 Å². The average molecular weight is 349 g/mol. The third kappa shape index (κ3) is 3.38. The van der Waals surface area contributed by atoms with Crippen molar-refractivity contribution in [2.75, 3.05) is 13.1 Å². The molecule has 2 heterocycles. The lowest BCUT2D eigenvalue weighted by atomic mass is 9.94. The van der Waals surface area contributed by atoms with E-state index in [1.807, 2.05) is 35.2 Å². The lowest BCUT2D eigenvalue weighted by Crippen LogP contribution is -2.39. The molecule has 4 nitrogen and oxygen atoms in total. The van der Waals surface area contributed by atoms with Gasteiger partial charge in [0.15, 0.2) is 0 Å². The number of nitrogens with one attached hydrogen (secondary N) is 1. The maximum absolute atomic E-state index is 13.4. The molecule has 26 heavy (non-hydrogen) atoms. The molecule has 1 N–H and O–H groups in total. The van der Waals surface area contributed by atoms with Crippen LogP contribution in [0.2, 0.25) is 0 Å². The topological polar surface area (TPSA) is 49.0 Å². The van der Waals surface area contributed by atoms with E-state index in [9.17, 15) is 9.18 Å². The molecule has 1 unspecified atom stereocenters. The largest absolute Gasteiger partial charge is 0.338 e. The quantitative estimate of drug-likeness (QED) is 0.769. The molecule has 3 aromatic rings. The van der Waals surface area contributed by atoms with Crippen LogP contribution in [-0.2, 0) is 0 Å². The highest BCUT2D eigenvalue weighted by Gasteiger charge is 2.27. The van der Waals surface area contributed by atoms with Crippen LogP contribution >= 0.6 is 0 Å². The highest BCUT2D eigenvalue weighted by atomic mass is 19.1. The molecule has 0 aliphatic carbocycles. The summed E-state index contributed by atoms with van der Waals surface area (Å²) < 4.78 is 13.4. The SMILES string of the molecule is O=C(c1cccc(F)c1)N1CCCC(c2cc(-c3ccccc3)n[nH]2)C1. The average Bonchev–Trinajstić information content (AvgIpc) is 3.18. The number of halogens is 1. The Balaban J connectivity index is 1.50. The third-order valence-corrected chi connectivity index (χ3v) is 4.89. The fourth-order valence-corrected chi connectivity index (χ4v) is 3.52. The third-order valence-electron chi connectivity index (χ3n) is 4.89. The Morgan fingerprint density at radius 1 is 1.12 bits per heavy atom. The van der Waals surface area contributed by atoms with Gasteiger partial charge in [-0.2, -0.15) is 5.10 Å². The first-order chi connectivity index (χ1) is 12.7. The predicted octanol–water partition coefficient (Wildman–Crippen LogP) is 4.24. The van der Waals surface area contributed by atoms with E-state index in [1.54, 1.807) is 12.1 Å². The van der Waals surface area contributed by atoms with Crippen LogP contribution in [0.4, 0.5) is 4.39 Å². The summed E-state index contributed by atoms with van der Waals surface area (Å²) in [7, 11) is 0. The second-order valence-corrected chi connectivity index (χ2v) is 6.68. The molecule has 0 radical (unpaired) electrons. The molecule has 1 aliphatic rings. The van der Waals surface area contributed by atoms with E-state index in [1.165, 1.54) is 12.1 Å². The first-order valence-electron chi connectivity index (χ1n) is 8.86. The van der Waals surface area contributed by atoms with E-state index in [0.717, 1.165) is 29.8 Å². The summed E-state index contributed by atoms with van der Waals surface area (Å²) in [6, 6.07) is 18.0. The van der Waals surface area contributed by atoms with Gasteiger partial charge in [-0.3, -0.25) is 9.89 Å². The summed E-state index contributed by atoms with van der Waals surface area (Å²) in [5.41, 5.74) is 3.42. The van der Waals surface area contributed by atoms with Crippen molar-refractivity contribution >= 4 is 5.91 Å². The van der Waals surface area contributed by atoms with E-state index in [0.29, 0.717) is 18.7 Å². The first-order valence-corrected chi connectivity index (χ1v) is 8.86. The number of aromatic nitrogens is 2.